The summed E-state index contributed by atoms with van der Waals surface area (Å²) in [6, 6.07) is 17.8. The van der Waals surface area contributed by atoms with Crippen LogP contribution in [0.2, 0.25) is 0 Å². The van der Waals surface area contributed by atoms with Gasteiger partial charge in [0.1, 0.15) is 6.04 Å². The molecule has 0 spiro atoms. The van der Waals surface area contributed by atoms with Crippen molar-refractivity contribution in [3.63, 3.8) is 0 Å². The normalized spacial score (nSPS) is 19.0. The fourth-order valence-corrected chi connectivity index (χ4v) is 5.47. The minimum atomic E-state index is -0.361. The highest BCUT2D eigenvalue weighted by molar-refractivity contribution is 7.99. The summed E-state index contributed by atoms with van der Waals surface area (Å²) in [4.78, 5) is 27.5. The predicted octanol–water partition coefficient (Wildman–Crippen LogP) is 4.11. The first-order valence-corrected chi connectivity index (χ1v) is 12.2. The van der Waals surface area contributed by atoms with Crippen LogP contribution >= 0.6 is 11.8 Å². The fraction of sp³-hybridized carbons (Fsp3) is 0.440. The Hall–Kier alpha value is -2.31. The fourth-order valence-electron chi connectivity index (χ4n) is 4.31. The van der Waals surface area contributed by atoms with Crippen molar-refractivity contribution >= 4 is 23.6 Å². The Morgan fingerprint density at radius 2 is 1.68 bits per heavy atom. The Balaban J connectivity index is 1.31. The van der Waals surface area contributed by atoms with Gasteiger partial charge in [-0.25, -0.2) is 0 Å². The molecule has 0 bridgehead atoms. The molecule has 1 atom stereocenters. The van der Waals surface area contributed by atoms with E-state index in [9.17, 15) is 9.59 Å². The van der Waals surface area contributed by atoms with Gasteiger partial charge < -0.3 is 15.0 Å². The van der Waals surface area contributed by atoms with Gasteiger partial charge in [0.05, 0.1) is 19.1 Å². The third-order valence-electron chi connectivity index (χ3n) is 6.11. The molecule has 2 aromatic carbocycles. The highest BCUT2D eigenvalue weighted by Gasteiger charge is 2.38. The van der Waals surface area contributed by atoms with Crippen molar-refractivity contribution in [2.24, 2.45) is 5.92 Å². The van der Waals surface area contributed by atoms with Gasteiger partial charge in [-0.2, -0.15) is 0 Å². The van der Waals surface area contributed by atoms with Crippen molar-refractivity contribution < 1.29 is 14.3 Å². The molecule has 5 nitrogen and oxygen atoms in total. The topological polar surface area (TPSA) is 58.6 Å². The number of amides is 2. The number of carbonyl (C=O) groups is 2. The van der Waals surface area contributed by atoms with Crippen LogP contribution in [0.5, 0.6) is 0 Å². The number of thioether (sulfide) groups is 1. The maximum absolute atomic E-state index is 12.9. The highest BCUT2D eigenvalue weighted by atomic mass is 32.2. The summed E-state index contributed by atoms with van der Waals surface area (Å²) in [7, 11) is 0. The second-order valence-electron chi connectivity index (χ2n) is 8.27. The van der Waals surface area contributed by atoms with Crippen molar-refractivity contribution in [1.29, 1.82) is 0 Å². The predicted molar refractivity (Wildman–Crippen MR) is 123 cm³/mol. The lowest BCUT2D eigenvalue weighted by atomic mass is 10.1. The summed E-state index contributed by atoms with van der Waals surface area (Å²) in [6.45, 7) is 1.49. The number of nitrogens with one attached hydrogen (secondary N) is 1. The Labute approximate surface area is 188 Å². The molecular weight excluding hydrogens is 408 g/mol. The summed E-state index contributed by atoms with van der Waals surface area (Å²) in [5, 5.41) is 3.06. The first kappa shape index (κ1) is 21.9. The first-order valence-electron chi connectivity index (χ1n) is 11.1. The van der Waals surface area contributed by atoms with Crippen LogP contribution in [0.4, 0.5) is 0 Å². The van der Waals surface area contributed by atoms with Gasteiger partial charge >= 0.3 is 0 Å². The van der Waals surface area contributed by atoms with Gasteiger partial charge in [-0.1, -0.05) is 67.4 Å². The molecule has 2 aromatic rings. The quantitative estimate of drug-likeness (QED) is 0.674. The summed E-state index contributed by atoms with van der Waals surface area (Å²) >= 11 is 1.66. The third kappa shape index (κ3) is 5.69. The van der Waals surface area contributed by atoms with Gasteiger partial charge in [-0.05, 0) is 29.5 Å². The minimum Gasteiger partial charge on any atom is -0.372 e. The molecule has 31 heavy (non-hydrogen) atoms. The standard InChI is InChI=1S/C25H30N2O3S/c28-24(23-17-31-18-27(23)25(29)20-10-4-5-11-20)26-14-21-12-6-7-13-22(21)16-30-15-19-8-2-1-3-9-19/h1-3,6-9,12-13,20,23H,4-5,10-11,14-18H2,(H,26,28). The number of hydrogen-bond donors (Lipinski definition) is 1. The highest BCUT2D eigenvalue weighted by Crippen LogP contribution is 2.30. The van der Waals surface area contributed by atoms with Crippen LogP contribution in [0.1, 0.15) is 42.4 Å². The summed E-state index contributed by atoms with van der Waals surface area (Å²) in [5.74, 6) is 1.51. The van der Waals surface area contributed by atoms with E-state index in [4.69, 9.17) is 4.74 Å². The summed E-state index contributed by atoms with van der Waals surface area (Å²) < 4.78 is 5.89. The van der Waals surface area contributed by atoms with E-state index in [1.54, 1.807) is 16.7 Å². The summed E-state index contributed by atoms with van der Waals surface area (Å²) in [6.07, 6.45) is 4.17. The molecule has 2 aliphatic rings. The minimum absolute atomic E-state index is 0.0589. The number of hydrogen-bond acceptors (Lipinski definition) is 4. The van der Waals surface area contributed by atoms with Crippen LogP contribution < -0.4 is 5.32 Å². The number of ether oxygens (including phenoxy) is 1. The Morgan fingerprint density at radius 1 is 0.968 bits per heavy atom. The maximum Gasteiger partial charge on any atom is 0.243 e. The zero-order chi connectivity index (χ0) is 21.5. The van der Waals surface area contributed by atoms with E-state index in [1.165, 1.54) is 0 Å². The zero-order valence-corrected chi connectivity index (χ0v) is 18.6. The van der Waals surface area contributed by atoms with Gasteiger partial charge in [-0.15, -0.1) is 11.8 Å². The Kier molecular flexibility index (Phi) is 7.65. The zero-order valence-electron chi connectivity index (χ0n) is 17.8. The average Bonchev–Trinajstić information content (AvgIpc) is 3.51. The number of rotatable bonds is 8. The second-order valence-corrected chi connectivity index (χ2v) is 9.27. The molecule has 1 saturated carbocycles. The third-order valence-corrected chi connectivity index (χ3v) is 7.13. The molecule has 6 heteroatoms. The van der Waals surface area contributed by atoms with Gasteiger partial charge in [0, 0.05) is 18.2 Å². The molecule has 2 amide bonds. The Bertz CT molecular complexity index is 883. The van der Waals surface area contributed by atoms with Crippen molar-refractivity contribution in [2.75, 3.05) is 11.6 Å². The average molecular weight is 439 g/mol. The van der Waals surface area contributed by atoms with Gasteiger partial charge in [-0.3, -0.25) is 9.59 Å². The van der Waals surface area contributed by atoms with Gasteiger partial charge in [0.15, 0.2) is 0 Å². The lowest BCUT2D eigenvalue weighted by molar-refractivity contribution is -0.141. The van der Waals surface area contributed by atoms with Crippen LogP contribution in [-0.2, 0) is 34.1 Å². The second kappa shape index (κ2) is 10.8. The van der Waals surface area contributed by atoms with E-state index >= 15 is 0 Å². The van der Waals surface area contributed by atoms with Gasteiger partial charge in [0.2, 0.25) is 11.8 Å². The molecule has 164 valence electrons. The van der Waals surface area contributed by atoms with E-state index in [2.05, 4.69) is 5.32 Å². The lowest BCUT2D eigenvalue weighted by Gasteiger charge is -2.26. The van der Waals surface area contributed by atoms with Gasteiger partial charge in [0.25, 0.3) is 0 Å². The Morgan fingerprint density at radius 3 is 2.45 bits per heavy atom. The van der Waals surface area contributed by atoms with Crippen molar-refractivity contribution in [1.82, 2.24) is 10.2 Å². The van der Waals surface area contributed by atoms with Crippen molar-refractivity contribution in [3.05, 3.63) is 71.3 Å². The number of carbonyl (C=O) groups excluding carboxylic acids is 2. The molecule has 1 aliphatic carbocycles. The van der Waals surface area contributed by atoms with E-state index in [1.807, 2.05) is 54.6 Å². The van der Waals surface area contributed by atoms with E-state index in [0.29, 0.717) is 31.4 Å². The SMILES string of the molecule is O=C(NCc1ccccc1COCc1ccccc1)C1CSCN1C(=O)C1CCCC1. The molecule has 1 saturated heterocycles. The molecule has 1 heterocycles. The van der Waals surface area contributed by atoms with Crippen molar-refractivity contribution in [3.8, 4) is 0 Å². The number of benzene rings is 2. The molecular formula is C25H30N2O3S. The maximum atomic E-state index is 12.9. The lowest BCUT2D eigenvalue weighted by Crippen LogP contribution is -2.48. The van der Waals surface area contributed by atoms with Crippen LogP contribution in [-0.4, -0.2) is 34.4 Å². The summed E-state index contributed by atoms with van der Waals surface area (Å²) in [5.41, 5.74) is 3.25. The molecule has 1 unspecified atom stereocenters. The van der Waals surface area contributed by atoms with E-state index < -0.39 is 0 Å². The van der Waals surface area contributed by atoms with E-state index in [0.717, 1.165) is 42.4 Å². The van der Waals surface area contributed by atoms with Crippen LogP contribution in [0.25, 0.3) is 0 Å². The van der Waals surface area contributed by atoms with Crippen LogP contribution in [0.15, 0.2) is 54.6 Å². The van der Waals surface area contributed by atoms with Crippen LogP contribution in [0.3, 0.4) is 0 Å². The molecule has 1 N–H and O–H groups in total. The first-order chi connectivity index (χ1) is 15.2. The molecule has 4 rings (SSSR count). The van der Waals surface area contributed by atoms with Crippen LogP contribution in [0, 0.1) is 5.92 Å². The molecule has 0 radical (unpaired) electrons. The largest absolute Gasteiger partial charge is 0.372 e. The molecule has 1 aliphatic heterocycles. The number of nitrogens with zero attached hydrogens (tertiary/aromatic N) is 1. The van der Waals surface area contributed by atoms with Crippen molar-refractivity contribution in [2.45, 2.75) is 51.5 Å². The van der Waals surface area contributed by atoms with E-state index in [-0.39, 0.29) is 23.8 Å². The molecule has 2 fully saturated rings. The monoisotopic (exact) mass is 438 g/mol. The molecule has 0 aromatic heterocycles. The smallest absolute Gasteiger partial charge is 0.243 e.